The lowest BCUT2D eigenvalue weighted by Crippen LogP contribution is -2.62. The van der Waals surface area contributed by atoms with Crippen molar-refractivity contribution >= 4 is 29.7 Å². The molecule has 0 aromatic rings. The SMILES string of the molecule is CN[C@]12NC(=O)N[C@H]1CSC2CCCCC(=O)NCCCCC(N)C(=O)O. The van der Waals surface area contributed by atoms with E-state index in [2.05, 4.69) is 21.3 Å². The van der Waals surface area contributed by atoms with Gasteiger partial charge in [-0.15, -0.1) is 0 Å². The molecule has 4 atom stereocenters. The van der Waals surface area contributed by atoms with Crippen LogP contribution in [0, 0.1) is 0 Å². The predicted molar refractivity (Wildman–Crippen MR) is 104 cm³/mol. The monoisotopic (exact) mass is 401 g/mol. The van der Waals surface area contributed by atoms with Crippen molar-refractivity contribution in [2.45, 2.75) is 67.9 Å². The molecule has 0 saturated carbocycles. The van der Waals surface area contributed by atoms with Gasteiger partial charge in [0.1, 0.15) is 11.7 Å². The standard InChI is InChI=1S/C17H31N5O4S/c1-19-17-12(21-16(26)22-17)10-27-13(17)7-2-3-8-14(23)20-9-5-4-6-11(18)15(24)25/h11-13,19H,2-10,18H2,1H3,(H,20,23)(H,24,25)(H2,21,22,26)/t11?,12-,13?,17-/m0/s1. The number of thioether (sulfide) groups is 1. The van der Waals surface area contributed by atoms with Crippen LogP contribution in [0.5, 0.6) is 0 Å². The highest BCUT2D eigenvalue weighted by atomic mass is 32.2. The average Bonchev–Trinajstić information content (AvgIpc) is 3.12. The number of rotatable bonds is 12. The van der Waals surface area contributed by atoms with E-state index in [-0.39, 0.29) is 28.9 Å². The second kappa shape index (κ2) is 10.1. The molecule has 154 valence electrons. The van der Waals surface area contributed by atoms with Gasteiger partial charge in [-0.25, -0.2) is 4.79 Å². The third kappa shape index (κ3) is 5.73. The van der Waals surface area contributed by atoms with Gasteiger partial charge in [0.05, 0.1) is 6.04 Å². The van der Waals surface area contributed by atoms with Gasteiger partial charge in [-0.2, -0.15) is 11.8 Å². The highest BCUT2D eigenvalue weighted by Crippen LogP contribution is 2.39. The Kier molecular flexibility index (Phi) is 8.18. The second-order valence-electron chi connectivity index (χ2n) is 7.13. The molecule has 27 heavy (non-hydrogen) atoms. The minimum atomic E-state index is -0.987. The Hall–Kier alpha value is -1.52. The summed E-state index contributed by atoms with van der Waals surface area (Å²) >= 11 is 1.85. The number of nitrogens with two attached hydrogens (primary N) is 1. The number of hydrogen-bond acceptors (Lipinski definition) is 6. The van der Waals surface area contributed by atoms with Crippen molar-refractivity contribution in [3.05, 3.63) is 0 Å². The number of urea groups is 1. The van der Waals surface area contributed by atoms with E-state index in [0.717, 1.165) is 31.4 Å². The van der Waals surface area contributed by atoms with Crippen LogP contribution < -0.4 is 27.0 Å². The third-order valence-electron chi connectivity index (χ3n) is 5.26. The van der Waals surface area contributed by atoms with Gasteiger partial charge in [-0.1, -0.05) is 6.42 Å². The van der Waals surface area contributed by atoms with E-state index in [9.17, 15) is 14.4 Å². The summed E-state index contributed by atoms with van der Waals surface area (Å²) in [4.78, 5) is 34.1. The maximum Gasteiger partial charge on any atom is 0.320 e. The molecule has 2 saturated heterocycles. The van der Waals surface area contributed by atoms with E-state index in [4.69, 9.17) is 10.8 Å². The Morgan fingerprint density at radius 3 is 2.85 bits per heavy atom. The first-order chi connectivity index (χ1) is 12.9. The van der Waals surface area contributed by atoms with Crippen molar-refractivity contribution in [1.29, 1.82) is 0 Å². The molecular formula is C17H31N5O4S. The van der Waals surface area contributed by atoms with E-state index in [0.29, 0.717) is 25.8 Å². The van der Waals surface area contributed by atoms with Crippen molar-refractivity contribution in [2.24, 2.45) is 5.73 Å². The van der Waals surface area contributed by atoms with Crippen molar-refractivity contribution in [3.63, 3.8) is 0 Å². The molecule has 10 heteroatoms. The minimum absolute atomic E-state index is 0.0219. The molecule has 9 nitrogen and oxygen atoms in total. The van der Waals surface area contributed by atoms with Crippen LogP contribution >= 0.6 is 11.8 Å². The Bertz CT molecular complexity index is 549. The topological polar surface area (TPSA) is 146 Å². The van der Waals surface area contributed by atoms with Gasteiger partial charge >= 0.3 is 12.0 Å². The van der Waals surface area contributed by atoms with Gasteiger partial charge < -0.3 is 26.8 Å². The molecule has 2 fully saturated rings. The first kappa shape index (κ1) is 21.8. The van der Waals surface area contributed by atoms with Crippen molar-refractivity contribution in [2.75, 3.05) is 19.3 Å². The molecule has 0 aliphatic carbocycles. The van der Waals surface area contributed by atoms with E-state index in [1.807, 2.05) is 18.8 Å². The molecular weight excluding hydrogens is 370 g/mol. The largest absolute Gasteiger partial charge is 0.480 e. The van der Waals surface area contributed by atoms with E-state index >= 15 is 0 Å². The number of carbonyl (C=O) groups excluding carboxylic acids is 2. The number of unbranched alkanes of at least 4 members (excludes halogenated alkanes) is 2. The summed E-state index contributed by atoms with van der Waals surface area (Å²) in [6.07, 6.45) is 4.97. The van der Waals surface area contributed by atoms with Gasteiger partial charge in [0.15, 0.2) is 0 Å². The number of carboxylic acids is 1. The lowest BCUT2D eigenvalue weighted by molar-refractivity contribution is -0.138. The number of carboxylic acid groups (broad SMARTS) is 1. The van der Waals surface area contributed by atoms with E-state index in [1.54, 1.807) is 0 Å². The first-order valence-electron chi connectivity index (χ1n) is 9.53. The Labute approximate surface area is 164 Å². The van der Waals surface area contributed by atoms with Gasteiger partial charge in [0.2, 0.25) is 5.91 Å². The fourth-order valence-electron chi connectivity index (χ4n) is 3.66. The number of nitrogens with one attached hydrogen (secondary N) is 4. The summed E-state index contributed by atoms with van der Waals surface area (Å²) in [5, 5.41) is 21.1. The van der Waals surface area contributed by atoms with Crippen LogP contribution in [0.4, 0.5) is 4.79 Å². The lowest BCUT2D eigenvalue weighted by Gasteiger charge is -2.33. The van der Waals surface area contributed by atoms with Crippen LogP contribution in [-0.2, 0) is 9.59 Å². The number of hydrogen-bond donors (Lipinski definition) is 6. The normalized spacial score (nSPS) is 27.6. The number of carbonyl (C=O) groups is 3. The maximum absolute atomic E-state index is 11.9. The summed E-state index contributed by atoms with van der Waals surface area (Å²) < 4.78 is 0. The summed E-state index contributed by atoms with van der Waals surface area (Å²) in [5.41, 5.74) is 5.04. The van der Waals surface area contributed by atoms with Crippen LogP contribution in [-0.4, -0.2) is 65.4 Å². The molecule has 2 aliphatic rings. The number of fused-ring (bicyclic) bond motifs is 1. The zero-order chi connectivity index (χ0) is 19.9. The predicted octanol–water partition coefficient (Wildman–Crippen LogP) is -0.0423. The van der Waals surface area contributed by atoms with Crippen LogP contribution in [0.1, 0.15) is 44.9 Å². The third-order valence-corrected chi connectivity index (χ3v) is 6.80. The summed E-state index contributed by atoms with van der Waals surface area (Å²) in [7, 11) is 1.87. The smallest absolute Gasteiger partial charge is 0.320 e. The summed E-state index contributed by atoms with van der Waals surface area (Å²) in [6, 6.07) is -0.847. The summed E-state index contributed by atoms with van der Waals surface area (Å²) in [6.45, 7) is 0.548. The Morgan fingerprint density at radius 2 is 2.15 bits per heavy atom. The van der Waals surface area contributed by atoms with Gasteiger partial charge in [0, 0.05) is 24.0 Å². The van der Waals surface area contributed by atoms with Gasteiger partial charge in [-0.3, -0.25) is 14.9 Å². The second-order valence-corrected chi connectivity index (χ2v) is 8.36. The lowest BCUT2D eigenvalue weighted by atomic mass is 9.95. The van der Waals surface area contributed by atoms with Crippen molar-refractivity contribution < 1.29 is 19.5 Å². The fraction of sp³-hybridized carbons (Fsp3) is 0.824. The molecule has 7 N–H and O–H groups in total. The van der Waals surface area contributed by atoms with Crippen LogP contribution in [0.15, 0.2) is 0 Å². The first-order valence-corrected chi connectivity index (χ1v) is 10.6. The molecule has 0 bridgehead atoms. The molecule has 3 amide bonds. The number of amides is 3. The molecule has 0 aromatic carbocycles. The van der Waals surface area contributed by atoms with Crippen molar-refractivity contribution in [3.8, 4) is 0 Å². The maximum atomic E-state index is 11.9. The van der Waals surface area contributed by atoms with Crippen LogP contribution in [0.2, 0.25) is 0 Å². The van der Waals surface area contributed by atoms with Crippen LogP contribution in [0.3, 0.4) is 0 Å². The Morgan fingerprint density at radius 1 is 1.37 bits per heavy atom. The molecule has 0 radical (unpaired) electrons. The number of aliphatic carboxylic acids is 1. The molecule has 0 aromatic heterocycles. The molecule has 2 rings (SSSR count). The molecule has 2 heterocycles. The van der Waals surface area contributed by atoms with Gasteiger partial charge in [-0.05, 0) is 39.2 Å². The fourth-order valence-corrected chi connectivity index (χ4v) is 5.37. The van der Waals surface area contributed by atoms with Gasteiger partial charge in [0.25, 0.3) is 0 Å². The zero-order valence-corrected chi connectivity index (χ0v) is 16.6. The quantitative estimate of drug-likeness (QED) is 0.199. The highest BCUT2D eigenvalue weighted by molar-refractivity contribution is 8.00. The highest BCUT2D eigenvalue weighted by Gasteiger charge is 2.55. The average molecular weight is 402 g/mol. The molecule has 0 spiro atoms. The zero-order valence-electron chi connectivity index (χ0n) is 15.8. The molecule has 2 unspecified atom stereocenters. The van der Waals surface area contributed by atoms with E-state index in [1.165, 1.54) is 0 Å². The Balaban J connectivity index is 1.56. The summed E-state index contributed by atoms with van der Waals surface area (Å²) in [5.74, 6) is -0.0801. The number of likely N-dealkylation sites (N-methyl/N-ethyl adjacent to an activating group) is 1. The van der Waals surface area contributed by atoms with Crippen LogP contribution in [0.25, 0.3) is 0 Å². The van der Waals surface area contributed by atoms with Crippen molar-refractivity contribution in [1.82, 2.24) is 21.3 Å². The molecule has 2 aliphatic heterocycles. The van der Waals surface area contributed by atoms with E-state index < -0.39 is 12.0 Å². The minimum Gasteiger partial charge on any atom is -0.480 e.